The van der Waals surface area contributed by atoms with Crippen LogP contribution in [-0.2, 0) is 0 Å². The van der Waals surface area contributed by atoms with Crippen LogP contribution in [0, 0.1) is 0 Å². The Morgan fingerprint density at radius 2 is 1.48 bits per heavy atom. The minimum Gasteiger partial charge on any atom is -0.231 e. The first-order chi connectivity index (χ1) is 10.2. The maximum atomic E-state index is 13.4. The molecule has 0 aliphatic heterocycles. The summed E-state index contributed by atoms with van der Waals surface area (Å²) in [7, 11) is 0. The SMILES string of the molecule is FC(F)c1c(Br)nn(-c2ccccc2)c1-c1ccccc1. The molecule has 0 radical (unpaired) electrons. The van der Waals surface area contributed by atoms with Crippen molar-refractivity contribution in [1.82, 2.24) is 9.78 Å². The van der Waals surface area contributed by atoms with Crippen LogP contribution in [-0.4, -0.2) is 9.78 Å². The van der Waals surface area contributed by atoms with Crippen LogP contribution in [0.25, 0.3) is 16.9 Å². The predicted molar refractivity (Wildman–Crippen MR) is 81.7 cm³/mol. The topological polar surface area (TPSA) is 17.8 Å². The van der Waals surface area contributed by atoms with E-state index in [-0.39, 0.29) is 10.2 Å². The summed E-state index contributed by atoms with van der Waals surface area (Å²) in [4.78, 5) is 0. The number of rotatable bonds is 3. The molecule has 2 aromatic carbocycles. The molecule has 106 valence electrons. The Hall–Kier alpha value is -2.01. The van der Waals surface area contributed by atoms with Crippen LogP contribution in [0.4, 0.5) is 8.78 Å². The molecular formula is C16H11BrF2N2. The average molecular weight is 349 g/mol. The summed E-state index contributed by atoms with van der Waals surface area (Å²) in [5, 5.41) is 4.23. The number of alkyl halides is 2. The fourth-order valence-corrected chi connectivity index (χ4v) is 2.75. The third kappa shape index (κ3) is 2.61. The summed E-state index contributed by atoms with van der Waals surface area (Å²) >= 11 is 3.15. The Balaban J connectivity index is 2.29. The molecule has 0 saturated carbocycles. The number of aromatic nitrogens is 2. The summed E-state index contributed by atoms with van der Waals surface area (Å²) in [5.41, 5.74) is 1.76. The summed E-state index contributed by atoms with van der Waals surface area (Å²) in [6.45, 7) is 0. The van der Waals surface area contributed by atoms with E-state index in [9.17, 15) is 8.78 Å². The first kappa shape index (κ1) is 13.9. The van der Waals surface area contributed by atoms with E-state index in [1.165, 1.54) is 0 Å². The standard InChI is InChI=1S/C16H11BrF2N2/c17-15-13(16(18)19)14(11-7-3-1-4-8-11)21(20-15)12-9-5-2-6-10-12/h1-10,16H. The van der Waals surface area contributed by atoms with E-state index in [1.807, 2.05) is 48.5 Å². The van der Waals surface area contributed by atoms with Crippen LogP contribution in [0.5, 0.6) is 0 Å². The fraction of sp³-hybridized carbons (Fsp3) is 0.0625. The molecule has 0 amide bonds. The molecule has 2 nitrogen and oxygen atoms in total. The highest BCUT2D eigenvalue weighted by Gasteiger charge is 2.25. The Morgan fingerprint density at radius 3 is 2.05 bits per heavy atom. The van der Waals surface area contributed by atoms with Crippen molar-refractivity contribution >= 4 is 15.9 Å². The first-order valence-corrected chi connectivity index (χ1v) is 7.15. The third-order valence-electron chi connectivity index (χ3n) is 3.14. The van der Waals surface area contributed by atoms with E-state index in [1.54, 1.807) is 16.8 Å². The van der Waals surface area contributed by atoms with Crippen molar-refractivity contribution in [2.45, 2.75) is 6.43 Å². The van der Waals surface area contributed by atoms with E-state index < -0.39 is 6.43 Å². The van der Waals surface area contributed by atoms with Gasteiger partial charge in [-0.2, -0.15) is 5.10 Å². The number of hydrogen-bond acceptors (Lipinski definition) is 1. The number of nitrogens with zero attached hydrogens (tertiary/aromatic N) is 2. The quantitative estimate of drug-likeness (QED) is 0.632. The summed E-state index contributed by atoms with van der Waals surface area (Å²) in [6, 6.07) is 18.3. The second kappa shape index (κ2) is 5.77. The molecular weight excluding hydrogens is 338 g/mol. The van der Waals surface area contributed by atoms with Crippen LogP contribution < -0.4 is 0 Å². The Morgan fingerprint density at radius 1 is 0.905 bits per heavy atom. The van der Waals surface area contributed by atoms with E-state index in [2.05, 4.69) is 21.0 Å². The molecule has 3 aromatic rings. The zero-order chi connectivity index (χ0) is 14.8. The van der Waals surface area contributed by atoms with E-state index >= 15 is 0 Å². The molecule has 0 spiro atoms. The van der Waals surface area contributed by atoms with Crippen molar-refractivity contribution in [2.24, 2.45) is 0 Å². The first-order valence-electron chi connectivity index (χ1n) is 6.36. The number of halogens is 3. The van der Waals surface area contributed by atoms with Crippen LogP contribution >= 0.6 is 15.9 Å². The van der Waals surface area contributed by atoms with Crippen LogP contribution in [0.1, 0.15) is 12.0 Å². The number of para-hydroxylation sites is 1. The van der Waals surface area contributed by atoms with Gasteiger partial charge in [-0.1, -0.05) is 48.5 Å². The van der Waals surface area contributed by atoms with Crippen LogP contribution in [0.15, 0.2) is 65.3 Å². The molecule has 5 heteroatoms. The normalized spacial score (nSPS) is 11.0. The van der Waals surface area contributed by atoms with Gasteiger partial charge in [0.2, 0.25) is 0 Å². The molecule has 0 atom stereocenters. The lowest BCUT2D eigenvalue weighted by Gasteiger charge is -2.09. The molecule has 3 rings (SSSR count). The highest BCUT2D eigenvalue weighted by molar-refractivity contribution is 9.10. The lowest BCUT2D eigenvalue weighted by atomic mass is 10.1. The van der Waals surface area contributed by atoms with Crippen molar-refractivity contribution in [1.29, 1.82) is 0 Å². The predicted octanol–water partition coefficient (Wildman–Crippen LogP) is 5.24. The van der Waals surface area contributed by atoms with Crippen LogP contribution in [0.3, 0.4) is 0 Å². The smallest absolute Gasteiger partial charge is 0.231 e. The number of benzene rings is 2. The fourth-order valence-electron chi connectivity index (χ4n) is 2.23. The van der Waals surface area contributed by atoms with Gasteiger partial charge in [0, 0.05) is 5.56 Å². The molecule has 0 N–H and O–H groups in total. The molecule has 0 bridgehead atoms. The van der Waals surface area contributed by atoms with Crippen molar-refractivity contribution < 1.29 is 8.78 Å². The number of hydrogen-bond donors (Lipinski definition) is 0. The molecule has 0 unspecified atom stereocenters. The van der Waals surface area contributed by atoms with Gasteiger partial charge in [-0.15, -0.1) is 0 Å². The van der Waals surface area contributed by atoms with Gasteiger partial charge in [0.25, 0.3) is 6.43 Å². The van der Waals surface area contributed by atoms with Crippen molar-refractivity contribution in [2.75, 3.05) is 0 Å². The van der Waals surface area contributed by atoms with Gasteiger partial charge in [-0.25, -0.2) is 13.5 Å². The van der Waals surface area contributed by atoms with Crippen LogP contribution in [0.2, 0.25) is 0 Å². The van der Waals surface area contributed by atoms with E-state index in [0.29, 0.717) is 11.3 Å². The summed E-state index contributed by atoms with van der Waals surface area (Å²) < 4.78 is 28.5. The largest absolute Gasteiger partial charge is 0.268 e. The lowest BCUT2D eigenvalue weighted by Crippen LogP contribution is -2.00. The molecule has 0 aliphatic carbocycles. The van der Waals surface area contributed by atoms with E-state index in [4.69, 9.17) is 0 Å². The van der Waals surface area contributed by atoms with Gasteiger partial charge in [-0.3, -0.25) is 0 Å². The molecule has 21 heavy (non-hydrogen) atoms. The van der Waals surface area contributed by atoms with Gasteiger partial charge in [-0.05, 0) is 28.1 Å². The monoisotopic (exact) mass is 348 g/mol. The third-order valence-corrected chi connectivity index (χ3v) is 3.73. The highest BCUT2D eigenvalue weighted by Crippen LogP contribution is 2.37. The van der Waals surface area contributed by atoms with Gasteiger partial charge in [0.15, 0.2) is 0 Å². The Labute approximate surface area is 129 Å². The van der Waals surface area contributed by atoms with Gasteiger partial charge in [0.1, 0.15) is 4.60 Å². The van der Waals surface area contributed by atoms with Crippen molar-refractivity contribution in [3.8, 4) is 16.9 Å². The molecule has 0 saturated heterocycles. The summed E-state index contributed by atoms with van der Waals surface area (Å²) in [6.07, 6.45) is -2.60. The average Bonchev–Trinajstić information content (AvgIpc) is 2.86. The van der Waals surface area contributed by atoms with Crippen molar-refractivity contribution in [3.05, 3.63) is 70.8 Å². The van der Waals surface area contributed by atoms with Gasteiger partial charge in [0.05, 0.1) is 16.9 Å². The Bertz CT molecular complexity index is 740. The zero-order valence-electron chi connectivity index (χ0n) is 10.9. The molecule has 1 aromatic heterocycles. The summed E-state index contributed by atoms with van der Waals surface area (Å²) in [5.74, 6) is 0. The van der Waals surface area contributed by atoms with Gasteiger partial charge >= 0.3 is 0 Å². The molecule has 1 heterocycles. The zero-order valence-corrected chi connectivity index (χ0v) is 12.5. The maximum Gasteiger partial charge on any atom is 0.268 e. The maximum absolute atomic E-state index is 13.4. The minimum absolute atomic E-state index is 0.0925. The second-order valence-electron chi connectivity index (χ2n) is 4.47. The lowest BCUT2D eigenvalue weighted by molar-refractivity contribution is 0.151. The minimum atomic E-state index is -2.60. The van der Waals surface area contributed by atoms with Crippen molar-refractivity contribution in [3.63, 3.8) is 0 Å². The highest BCUT2D eigenvalue weighted by atomic mass is 79.9. The van der Waals surface area contributed by atoms with E-state index in [0.717, 1.165) is 5.69 Å². The molecule has 0 fully saturated rings. The Kier molecular flexibility index (Phi) is 3.84. The second-order valence-corrected chi connectivity index (χ2v) is 5.22. The van der Waals surface area contributed by atoms with Gasteiger partial charge < -0.3 is 0 Å². The molecule has 0 aliphatic rings.